The van der Waals surface area contributed by atoms with Crippen molar-refractivity contribution in [2.45, 2.75) is 12.6 Å². The minimum Gasteiger partial charge on any atom is -0.493 e. The summed E-state index contributed by atoms with van der Waals surface area (Å²) in [6.07, 6.45) is 1.72. The van der Waals surface area contributed by atoms with Crippen LogP contribution in [0.2, 0.25) is 0 Å². The highest BCUT2D eigenvalue weighted by Crippen LogP contribution is 2.34. The third-order valence-corrected chi connectivity index (χ3v) is 5.64. The number of hydrogen-bond acceptors (Lipinski definition) is 5. The predicted molar refractivity (Wildman–Crippen MR) is 119 cm³/mol. The Morgan fingerprint density at radius 3 is 2.58 bits per heavy atom. The fraction of sp³-hybridized carbons (Fsp3) is 0.280. The van der Waals surface area contributed by atoms with E-state index < -0.39 is 0 Å². The fourth-order valence-corrected chi connectivity index (χ4v) is 3.89. The first-order valence-electron chi connectivity index (χ1n) is 10.4. The Bertz CT molecular complexity index is 1010. The molecule has 1 amide bonds. The Morgan fingerprint density at radius 2 is 1.84 bits per heavy atom. The Labute approximate surface area is 183 Å². The second-order valence-electron chi connectivity index (χ2n) is 7.60. The van der Waals surface area contributed by atoms with Gasteiger partial charge < -0.3 is 14.4 Å². The summed E-state index contributed by atoms with van der Waals surface area (Å²) in [7, 11) is 3.69. The molecule has 6 nitrogen and oxygen atoms in total. The molecular formula is C25H27N3O3. The van der Waals surface area contributed by atoms with Crippen molar-refractivity contribution in [2.75, 3.05) is 33.8 Å². The number of methoxy groups -OCH3 is 1. The minimum absolute atomic E-state index is 0.0519. The Hall–Kier alpha value is -3.38. The molecule has 1 unspecified atom stereocenters. The largest absolute Gasteiger partial charge is 0.493 e. The van der Waals surface area contributed by atoms with Gasteiger partial charge in [0.15, 0.2) is 11.5 Å². The Balaban J connectivity index is 1.57. The first-order valence-corrected chi connectivity index (χ1v) is 10.4. The van der Waals surface area contributed by atoms with Crippen LogP contribution in [-0.2, 0) is 6.61 Å². The van der Waals surface area contributed by atoms with Crippen LogP contribution < -0.4 is 9.47 Å². The van der Waals surface area contributed by atoms with Crippen LogP contribution in [0.1, 0.15) is 27.7 Å². The number of likely N-dealkylation sites (N-methyl/N-ethyl adjacent to an activating group) is 1. The summed E-state index contributed by atoms with van der Waals surface area (Å²) in [5.74, 6) is 0.940. The average Bonchev–Trinajstić information content (AvgIpc) is 2.83. The number of ether oxygens (including phenoxy) is 2. The first-order chi connectivity index (χ1) is 15.2. The molecule has 1 aliphatic rings. The van der Waals surface area contributed by atoms with Gasteiger partial charge in [-0.15, -0.1) is 0 Å². The second kappa shape index (κ2) is 9.62. The number of piperazine rings is 1. The van der Waals surface area contributed by atoms with Gasteiger partial charge in [-0.2, -0.15) is 0 Å². The molecule has 1 aliphatic heterocycles. The van der Waals surface area contributed by atoms with Crippen LogP contribution in [0.25, 0.3) is 0 Å². The van der Waals surface area contributed by atoms with E-state index >= 15 is 0 Å². The molecule has 1 aromatic heterocycles. The lowest BCUT2D eigenvalue weighted by molar-refractivity contribution is 0.0541. The molecule has 0 radical (unpaired) electrons. The number of amides is 1. The van der Waals surface area contributed by atoms with Gasteiger partial charge in [0, 0.05) is 25.8 Å². The van der Waals surface area contributed by atoms with E-state index in [2.05, 4.69) is 29.1 Å². The standard InChI is InChI=1S/C25H27N3O3/c1-27-15-16-28(17-22(27)19-9-4-3-5-10-19)25(29)21-12-8-13-23(30-2)24(21)31-18-20-11-6-7-14-26-20/h3-14,22H,15-18H2,1-2H3. The number of carbonyl (C=O) groups excluding carboxylic acids is 1. The quantitative estimate of drug-likeness (QED) is 0.611. The third-order valence-electron chi connectivity index (χ3n) is 5.64. The van der Waals surface area contributed by atoms with E-state index in [1.54, 1.807) is 25.4 Å². The molecule has 2 aromatic carbocycles. The summed E-state index contributed by atoms with van der Waals surface area (Å²) in [6.45, 7) is 2.35. The Morgan fingerprint density at radius 1 is 1.03 bits per heavy atom. The van der Waals surface area contributed by atoms with Crippen LogP contribution in [0.3, 0.4) is 0 Å². The fourth-order valence-electron chi connectivity index (χ4n) is 3.89. The monoisotopic (exact) mass is 417 g/mol. The summed E-state index contributed by atoms with van der Waals surface area (Å²) in [6, 6.07) is 21.6. The normalized spacial score (nSPS) is 16.7. The zero-order valence-electron chi connectivity index (χ0n) is 17.9. The van der Waals surface area contributed by atoms with Crippen LogP contribution in [0.4, 0.5) is 0 Å². The van der Waals surface area contributed by atoms with Crippen LogP contribution in [-0.4, -0.2) is 54.5 Å². The van der Waals surface area contributed by atoms with Gasteiger partial charge in [-0.1, -0.05) is 42.5 Å². The van der Waals surface area contributed by atoms with Gasteiger partial charge in [0.2, 0.25) is 0 Å². The van der Waals surface area contributed by atoms with Gasteiger partial charge in [-0.25, -0.2) is 0 Å². The molecule has 160 valence electrons. The predicted octanol–water partition coefficient (Wildman–Crippen LogP) is 3.80. The highest BCUT2D eigenvalue weighted by molar-refractivity contribution is 5.98. The molecule has 0 spiro atoms. The van der Waals surface area contributed by atoms with Gasteiger partial charge in [-0.05, 0) is 36.9 Å². The lowest BCUT2D eigenvalue weighted by Gasteiger charge is -2.40. The van der Waals surface area contributed by atoms with Crippen molar-refractivity contribution in [3.8, 4) is 11.5 Å². The van der Waals surface area contributed by atoms with Crippen LogP contribution in [0.15, 0.2) is 72.9 Å². The third kappa shape index (κ3) is 4.70. The number of nitrogens with zero attached hydrogens (tertiary/aromatic N) is 3. The van der Waals surface area contributed by atoms with E-state index in [9.17, 15) is 4.79 Å². The molecule has 31 heavy (non-hydrogen) atoms. The van der Waals surface area contributed by atoms with Crippen molar-refractivity contribution in [1.82, 2.24) is 14.8 Å². The molecule has 2 heterocycles. The second-order valence-corrected chi connectivity index (χ2v) is 7.60. The summed E-state index contributed by atoms with van der Waals surface area (Å²) in [4.78, 5) is 22.0. The van der Waals surface area contributed by atoms with E-state index in [0.717, 1.165) is 12.2 Å². The maximum atomic E-state index is 13.5. The maximum Gasteiger partial charge on any atom is 0.257 e. The molecular weight excluding hydrogens is 390 g/mol. The van der Waals surface area contributed by atoms with E-state index in [1.165, 1.54) is 5.56 Å². The highest BCUT2D eigenvalue weighted by Gasteiger charge is 2.30. The maximum absolute atomic E-state index is 13.5. The number of hydrogen-bond donors (Lipinski definition) is 0. The smallest absolute Gasteiger partial charge is 0.257 e. The van der Waals surface area contributed by atoms with Crippen molar-refractivity contribution in [1.29, 1.82) is 0 Å². The molecule has 1 fully saturated rings. The lowest BCUT2D eigenvalue weighted by atomic mass is 10.0. The summed E-state index contributed by atoms with van der Waals surface area (Å²) < 4.78 is 11.5. The van der Waals surface area contributed by atoms with Crippen molar-refractivity contribution >= 4 is 5.91 Å². The SMILES string of the molecule is COc1cccc(C(=O)N2CCN(C)C(c3ccccc3)C2)c1OCc1ccccn1. The van der Waals surface area contributed by atoms with Gasteiger partial charge in [0.25, 0.3) is 5.91 Å². The van der Waals surface area contributed by atoms with Crippen molar-refractivity contribution in [3.63, 3.8) is 0 Å². The number of aromatic nitrogens is 1. The van der Waals surface area contributed by atoms with Crippen LogP contribution in [0.5, 0.6) is 11.5 Å². The van der Waals surface area contributed by atoms with Crippen LogP contribution in [0, 0.1) is 0 Å². The van der Waals surface area contributed by atoms with Crippen molar-refractivity contribution in [3.05, 3.63) is 89.7 Å². The Kier molecular flexibility index (Phi) is 6.48. The van der Waals surface area contributed by atoms with E-state index in [0.29, 0.717) is 30.2 Å². The molecule has 0 bridgehead atoms. The zero-order valence-corrected chi connectivity index (χ0v) is 17.9. The number of benzene rings is 2. The number of rotatable bonds is 6. The summed E-state index contributed by atoms with van der Waals surface area (Å²) in [5.41, 5.74) is 2.50. The average molecular weight is 418 g/mol. The van der Waals surface area contributed by atoms with Gasteiger partial charge in [-0.3, -0.25) is 14.7 Å². The highest BCUT2D eigenvalue weighted by atomic mass is 16.5. The van der Waals surface area contributed by atoms with Crippen molar-refractivity contribution in [2.24, 2.45) is 0 Å². The van der Waals surface area contributed by atoms with Gasteiger partial charge in [0.05, 0.1) is 24.4 Å². The molecule has 3 aromatic rings. The molecule has 0 aliphatic carbocycles. The summed E-state index contributed by atoms with van der Waals surface area (Å²) in [5, 5.41) is 0. The minimum atomic E-state index is -0.0519. The molecule has 0 saturated carbocycles. The zero-order chi connectivity index (χ0) is 21.6. The molecule has 1 saturated heterocycles. The van der Waals surface area contributed by atoms with Gasteiger partial charge >= 0.3 is 0 Å². The number of pyridine rings is 1. The number of carbonyl (C=O) groups is 1. The molecule has 0 N–H and O–H groups in total. The van der Waals surface area contributed by atoms with E-state index in [4.69, 9.17) is 9.47 Å². The van der Waals surface area contributed by atoms with Crippen LogP contribution >= 0.6 is 0 Å². The molecule has 4 rings (SSSR count). The molecule has 6 heteroatoms. The topological polar surface area (TPSA) is 54.9 Å². The number of para-hydroxylation sites is 1. The van der Waals surface area contributed by atoms with Gasteiger partial charge in [0.1, 0.15) is 6.61 Å². The van der Waals surface area contributed by atoms with E-state index in [-0.39, 0.29) is 18.6 Å². The van der Waals surface area contributed by atoms with Crippen molar-refractivity contribution < 1.29 is 14.3 Å². The molecule has 1 atom stereocenters. The summed E-state index contributed by atoms with van der Waals surface area (Å²) >= 11 is 0. The first kappa shape index (κ1) is 20.9. The lowest BCUT2D eigenvalue weighted by Crippen LogP contribution is -2.49. The van der Waals surface area contributed by atoms with E-state index in [1.807, 2.05) is 47.4 Å².